The summed E-state index contributed by atoms with van der Waals surface area (Å²) in [6.07, 6.45) is 6.14. The molecule has 1 aliphatic rings. The molecule has 0 radical (unpaired) electrons. The fraction of sp³-hybridized carbons (Fsp3) is 0.296. The van der Waals surface area contributed by atoms with E-state index < -0.39 is 0 Å². The van der Waals surface area contributed by atoms with Crippen LogP contribution >= 0.6 is 11.6 Å². The summed E-state index contributed by atoms with van der Waals surface area (Å²) in [5.74, 6) is 1.67. The van der Waals surface area contributed by atoms with Crippen LogP contribution in [0.25, 0.3) is 11.0 Å². The van der Waals surface area contributed by atoms with Crippen molar-refractivity contribution in [1.82, 2.24) is 25.2 Å². The van der Waals surface area contributed by atoms with E-state index in [9.17, 15) is 4.79 Å². The highest BCUT2D eigenvalue weighted by atomic mass is 35.5. The highest BCUT2D eigenvalue weighted by Gasteiger charge is 2.14. The molecule has 3 heterocycles. The largest absolute Gasteiger partial charge is 0.457 e. The highest BCUT2D eigenvalue weighted by Crippen LogP contribution is 2.28. The normalized spacial score (nSPS) is 15.6. The molecule has 1 amide bonds. The molecule has 9 heteroatoms. The number of anilines is 2. The lowest BCUT2D eigenvalue weighted by molar-refractivity contribution is 0.0946. The molecule has 3 N–H and O–H groups in total. The molecule has 0 spiro atoms. The minimum absolute atomic E-state index is 0.200. The molecule has 0 saturated carbocycles. The topological polar surface area (TPSA) is 93.1 Å². The van der Waals surface area contributed by atoms with Gasteiger partial charge in [0.15, 0.2) is 0 Å². The highest BCUT2D eigenvalue weighted by molar-refractivity contribution is 6.30. The predicted octanol–water partition coefficient (Wildman–Crippen LogP) is 5.42. The Morgan fingerprint density at radius 3 is 2.78 bits per heavy atom. The zero-order valence-corrected chi connectivity index (χ0v) is 20.9. The number of imidazole rings is 1. The summed E-state index contributed by atoms with van der Waals surface area (Å²) in [7, 11) is 1.95. The Kier molecular flexibility index (Phi) is 7.34. The van der Waals surface area contributed by atoms with Crippen LogP contribution in [0.1, 0.15) is 36.2 Å². The second kappa shape index (κ2) is 11.0. The molecule has 0 bridgehead atoms. The predicted molar refractivity (Wildman–Crippen MR) is 142 cm³/mol. The summed E-state index contributed by atoms with van der Waals surface area (Å²) in [5.41, 5.74) is 2.97. The summed E-state index contributed by atoms with van der Waals surface area (Å²) in [5, 5.41) is 10.5. The van der Waals surface area contributed by atoms with Gasteiger partial charge in [0.25, 0.3) is 5.91 Å². The van der Waals surface area contributed by atoms with Crippen LogP contribution in [0, 0.1) is 0 Å². The van der Waals surface area contributed by atoms with Crippen LogP contribution in [0.15, 0.2) is 60.8 Å². The maximum absolute atomic E-state index is 12.6. The van der Waals surface area contributed by atoms with Crippen LogP contribution in [0.5, 0.6) is 11.5 Å². The number of piperidine rings is 1. The molecule has 8 nitrogen and oxygen atoms in total. The number of nitrogens with one attached hydrogen (secondary N) is 3. The number of fused-ring (bicyclic) bond motifs is 1. The molecule has 2 aromatic heterocycles. The van der Waals surface area contributed by atoms with Crippen molar-refractivity contribution in [3.8, 4) is 11.5 Å². The lowest BCUT2D eigenvalue weighted by atomic mass is 10.0. The lowest BCUT2D eigenvalue weighted by Crippen LogP contribution is -2.37. The fourth-order valence-corrected chi connectivity index (χ4v) is 4.50. The van der Waals surface area contributed by atoms with Gasteiger partial charge in [-0.25, -0.2) is 4.98 Å². The third-order valence-corrected chi connectivity index (χ3v) is 6.60. The summed E-state index contributed by atoms with van der Waals surface area (Å²) >= 11 is 5.98. The first-order valence-corrected chi connectivity index (χ1v) is 12.6. The number of hydrogen-bond donors (Lipinski definition) is 3. The Morgan fingerprint density at radius 2 is 1.97 bits per heavy atom. The van der Waals surface area contributed by atoms with Gasteiger partial charge in [-0.2, -0.15) is 0 Å². The third-order valence-electron chi connectivity index (χ3n) is 6.34. The van der Waals surface area contributed by atoms with Crippen LogP contribution in [-0.4, -0.2) is 39.6 Å². The zero-order chi connectivity index (χ0) is 24.9. The van der Waals surface area contributed by atoms with Crippen molar-refractivity contribution in [3.63, 3.8) is 0 Å². The van der Waals surface area contributed by atoms with Gasteiger partial charge in [-0.05, 0) is 68.3 Å². The number of carbonyl (C=O) groups is 1. The van der Waals surface area contributed by atoms with Crippen molar-refractivity contribution in [2.45, 2.75) is 31.7 Å². The van der Waals surface area contributed by atoms with E-state index in [1.807, 2.05) is 54.1 Å². The quantitative estimate of drug-likeness (QED) is 0.297. The molecule has 1 atom stereocenters. The average molecular weight is 505 g/mol. The first-order chi connectivity index (χ1) is 17.5. The van der Waals surface area contributed by atoms with Gasteiger partial charge in [-0.15, -0.1) is 0 Å². The van der Waals surface area contributed by atoms with E-state index in [-0.39, 0.29) is 5.91 Å². The van der Waals surface area contributed by atoms with E-state index in [0.717, 1.165) is 36.1 Å². The summed E-state index contributed by atoms with van der Waals surface area (Å²) in [4.78, 5) is 21.5. The second-order valence-electron chi connectivity index (χ2n) is 8.95. The first-order valence-electron chi connectivity index (χ1n) is 12.2. The molecular formula is C27H29ClN6O2. The number of aryl methyl sites for hydroxylation is 1. The van der Waals surface area contributed by atoms with Crippen LogP contribution < -0.4 is 20.7 Å². The van der Waals surface area contributed by atoms with Crippen molar-refractivity contribution in [1.29, 1.82) is 0 Å². The fourth-order valence-electron chi connectivity index (χ4n) is 4.37. The van der Waals surface area contributed by atoms with Gasteiger partial charge in [0, 0.05) is 48.7 Å². The number of amides is 1. The summed E-state index contributed by atoms with van der Waals surface area (Å²) < 4.78 is 8.02. The average Bonchev–Trinajstić information content (AvgIpc) is 3.20. The monoisotopic (exact) mass is 504 g/mol. The molecule has 186 valence electrons. The molecule has 4 aromatic rings. The smallest absolute Gasteiger partial charge is 0.270 e. The van der Waals surface area contributed by atoms with Crippen molar-refractivity contribution < 1.29 is 9.53 Å². The standard InChI is InChI=1S/C27H29ClN6O2/c1-34-25-10-9-21(16-23(25)33-27(34)32-20-7-5-18(28)6-8-20)36-22-12-15-30-24(17-22)26(35)31-14-11-19-4-2-3-13-29-19/h5-10,12,15-17,19,29H,2-4,11,13-14H2,1H3,(H,31,35)(H,32,33). The van der Waals surface area contributed by atoms with Gasteiger partial charge in [-0.3, -0.25) is 9.78 Å². The minimum atomic E-state index is -0.200. The van der Waals surface area contributed by atoms with Crippen LogP contribution in [-0.2, 0) is 7.05 Å². The number of aromatic nitrogens is 3. The van der Waals surface area contributed by atoms with Gasteiger partial charge < -0.3 is 25.3 Å². The Balaban J connectivity index is 1.24. The molecule has 36 heavy (non-hydrogen) atoms. The molecule has 1 saturated heterocycles. The third kappa shape index (κ3) is 5.78. The molecule has 1 fully saturated rings. The molecular weight excluding hydrogens is 476 g/mol. The number of hydrogen-bond acceptors (Lipinski definition) is 6. The van der Waals surface area contributed by atoms with Crippen LogP contribution in [0.3, 0.4) is 0 Å². The van der Waals surface area contributed by atoms with E-state index in [0.29, 0.717) is 40.8 Å². The van der Waals surface area contributed by atoms with Crippen molar-refractivity contribution in [2.75, 3.05) is 18.4 Å². The molecule has 0 aliphatic carbocycles. The molecule has 5 rings (SSSR count). The van der Waals surface area contributed by atoms with E-state index in [1.165, 1.54) is 12.8 Å². The number of ether oxygens (including phenoxy) is 1. The van der Waals surface area contributed by atoms with Gasteiger partial charge in [-0.1, -0.05) is 18.0 Å². The summed E-state index contributed by atoms with van der Waals surface area (Å²) in [6.45, 7) is 1.68. The Hall–Kier alpha value is -3.62. The van der Waals surface area contributed by atoms with Crippen molar-refractivity contribution >= 4 is 40.2 Å². The number of benzene rings is 2. The number of nitrogens with zero attached hydrogens (tertiary/aromatic N) is 3. The number of halogens is 1. The Bertz CT molecular complexity index is 1350. The van der Waals surface area contributed by atoms with Gasteiger partial charge in [0.2, 0.25) is 5.95 Å². The van der Waals surface area contributed by atoms with Crippen molar-refractivity contribution in [2.24, 2.45) is 7.05 Å². The molecule has 2 aromatic carbocycles. The number of rotatable bonds is 8. The number of carbonyl (C=O) groups excluding carboxylic acids is 1. The van der Waals surface area contributed by atoms with E-state index >= 15 is 0 Å². The lowest BCUT2D eigenvalue weighted by Gasteiger charge is -2.23. The SMILES string of the molecule is Cn1c(Nc2ccc(Cl)cc2)nc2cc(Oc3ccnc(C(=O)NCCC4CCCCN4)c3)ccc21. The van der Waals surface area contributed by atoms with Crippen LogP contribution in [0.2, 0.25) is 5.02 Å². The Labute approximate surface area is 215 Å². The van der Waals surface area contributed by atoms with Crippen LogP contribution in [0.4, 0.5) is 11.6 Å². The van der Waals surface area contributed by atoms with E-state index in [4.69, 9.17) is 21.3 Å². The van der Waals surface area contributed by atoms with E-state index in [1.54, 1.807) is 18.3 Å². The van der Waals surface area contributed by atoms with E-state index in [2.05, 4.69) is 20.9 Å². The Morgan fingerprint density at radius 1 is 1.14 bits per heavy atom. The number of pyridine rings is 1. The van der Waals surface area contributed by atoms with Crippen molar-refractivity contribution in [3.05, 3.63) is 71.5 Å². The maximum Gasteiger partial charge on any atom is 0.270 e. The summed E-state index contributed by atoms with van der Waals surface area (Å²) in [6, 6.07) is 17.0. The molecule has 1 unspecified atom stereocenters. The maximum atomic E-state index is 12.6. The van der Waals surface area contributed by atoms with Gasteiger partial charge in [0.05, 0.1) is 11.0 Å². The molecule has 1 aliphatic heterocycles. The first kappa shape index (κ1) is 24.1. The minimum Gasteiger partial charge on any atom is -0.457 e. The van der Waals surface area contributed by atoms with Gasteiger partial charge >= 0.3 is 0 Å². The zero-order valence-electron chi connectivity index (χ0n) is 20.1. The van der Waals surface area contributed by atoms with Gasteiger partial charge in [0.1, 0.15) is 17.2 Å². The second-order valence-corrected chi connectivity index (χ2v) is 9.38.